The molecule has 1 atom stereocenters. The molecule has 3 nitrogen and oxygen atoms in total. The summed E-state index contributed by atoms with van der Waals surface area (Å²) in [6.07, 6.45) is 2.71. The zero-order chi connectivity index (χ0) is 15.0. The lowest BCUT2D eigenvalue weighted by Gasteiger charge is -2.21. The van der Waals surface area contributed by atoms with Gasteiger partial charge in [-0.25, -0.2) is 4.98 Å². The molecule has 0 spiro atoms. The van der Waals surface area contributed by atoms with Gasteiger partial charge in [-0.2, -0.15) is 0 Å². The maximum absolute atomic E-state index is 6.34. The van der Waals surface area contributed by atoms with E-state index in [0.29, 0.717) is 0 Å². The minimum absolute atomic E-state index is 0.0638. The van der Waals surface area contributed by atoms with E-state index in [2.05, 4.69) is 57.2 Å². The second-order valence-electron chi connectivity index (χ2n) is 5.73. The van der Waals surface area contributed by atoms with Gasteiger partial charge in [0.15, 0.2) is 0 Å². The molecule has 1 unspecified atom stereocenters. The van der Waals surface area contributed by atoms with Crippen molar-refractivity contribution >= 4 is 45.2 Å². The average Bonchev–Trinajstić information content (AvgIpc) is 3.21. The van der Waals surface area contributed by atoms with Crippen LogP contribution in [0.15, 0.2) is 18.2 Å². The number of imidazole rings is 1. The molecule has 1 aromatic heterocycles. The molecule has 0 radical (unpaired) electrons. The molecule has 3 rings (SSSR count). The van der Waals surface area contributed by atoms with Crippen molar-refractivity contribution in [3.8, 4) is 0 Å². The number of hydrogen-bond donors (Lipinski definition) is 0. The van der Waals surface area contributed by atoms with Crippen LogP contribution in [0.25, 0.3) is 11.0 Å². The number of rotatable bonds is 6. The quantitative estimate of drug-likeness (QED) is 0.512. The first-order valence-electron chi connectivity index (χ1n) is 7.64. The summed E-state index contributed by atoms with van der Waals surface area (Å²) in [6, 6.07) is 7.25. The predicted molar refractivity (Wildman–Crippen MR) is 97.0 cm³/mol. The SMILES string of the molecule is CCN(CCn1c(C(C)Cl)nc2cc(I)ccc21)C1CC1. The minimum atomic E-state index is -0.0638. The molecule has 1 heterocycles. The van der Waals surface area contributed by atoms with Gasteiger partial charge >= 0.3 is 0 Å². The summed E-state index contributed by atoms with van der Waals surface area (Å²) in [5.74, 6) is 0.987. The first-order valence-corrected chi connectivity index (χ1v) is 9.15. The lowest BCUT2D eigenvalue weighted by molar-refractivity contribution is 0.266. The average molecular weight is 418 g/mol. The molecule has 0 bridgehead atoms. The van der Waals surface area contributed by atoms with E-state index in [0.717, 1.165) is 37.0 Å². The number of aromatic nitrogens is 2. The van der Waals surface area contributed by atoms with Gasteiger partial charge in [-0.05, 0) is 67.1 Å². The van der Waals surface area contributed by atoms with Crippen molar-refractivity contribution in [1.29, 1.82) is 0 Å². The van der Waals surface area contributed by atoms with E-state index >= 15 is 0 Å². The third kappa shape index (κ3) is 3.37. The van der Waals surface area contributed by atoms with Crippen molar-refractivity contribution in [3.63, 3.8) is 0 Å². The van der Waals surface area contributed by atoms with Gasteiger partial charge in [-0.15, -0.1) is 11.6 Å². The van der Waals surface area contributed by atoms with Gasteiger partial charge in [0.2, 0.25) is 0 Å². The highest BCUT2D eigenvalue weighted by Gasteiger charge is 2.27. The highest BCUT2D eigenvalue weighted by atomic mass is 127. The third-order valence-electron chi connectivity index (χ3n) is 4.18. The van der Waals surface area contributed by atoms with Crippen LogP contribution in [-0.4, -0.2) is 33.6 Å². The monoisotopic (exact) mass is 417 g/mol. The van der Waals surface area contributed by atoms with E-state index < -0.39 is 0 Å². The highest BCUT2D eigenvalue weighted by Crippen LogP contribution is 2.28. The van der Waals surface area contributed by atoms with E-state index in [1.807, 2.05) is 6.92 Å². The molecule has 1 aliphatic rings. The number of benzene rings is 1. The maximum Gasteiger partial charge on any atom is 0.127 e. The fourth-order valence-electron chi connectivity index (χ4n) is 2.93. The van der Waals surface area contributed by atoms with Crippen LogP contribution in [-0.2, 0) is 6.54 Å². The van der Waals surface area contributed by atoms with Crippen molar-refractivity contribution in [3.05, 3.63) is 27.6 Å². The lowest BCUT2D eigenvalue weighted by Crippen LogP contribution is -2.29. The Hall–Kier alpha value is -0.330. The molecule has 2 aromatic rings. The third-order valence-corrected chi connectivity index (χ3v) is 5.04. The fourth-order valence-corrected chi connectivity index (χ4v) is 3.57. The Bertz CT molecular complexity index is 634. The summed E-state index contributed by atoms with van der Waals surface area (Å²) in [6.45, 7) is 7.42. The van der Waals surface area contributed by atoms with Gasteiger partial charge in [-0.1, -0.05) is 6.92 Å². The number of nitrogens with zero attached hydrogens (tertiary/aromatic N) is 3. The molecule has 1 saturated carbocycles. The molecule has 1 aromatic carbocycles. The topological polar surface area (TPSA) is 21.1 Å². The molecular formula is C16H21ClIN3. The molecule has 1 fully saturated rings. The van der Waals surface area contributed by atoms with Crippen LogP contribution in [0.5, 0.6) is 0 Å². The van der Waals surface area contributed by atoms with Gasteiger partial charge in [-0.3, -0.25) is 4.90 Å². The molecular weight excluding hydrogens is 397 g/mol. The summed E-state index contributed by atoms with van der Waals surface area (Å²) in [5.41, 5.74) is 2.25. The molecule has 114 valence electrons. The van der Waals surface area contributed by atoms with Crippen LogP contribution >= 0.6 is 34.2 Å². The van der Waals surface area contributed by atoms with Crippen molar-refractivity contribution in [2.24, 2.45) is 0 Å². The molecule has 1 aliphatic carbocycles. The largest absolute Gasteiger partial charge is 0.325 e. The van der Waals surface area contributed by atoms with Crippen LogP contribution in [0.3, 0.4) is 0 Å². The Kier molecular flexibility index (Phi) is 4.76. The van der Waals surface area contributed by atoms with E-state index in [1.54, 1.807) is 0 Å². The predicted octanol–water partition coefficient (Wildman–Crippen LogP) is 4.43. The second kappa shape index (κ2) is 6.42. The van der Waals surface area contributed by atoms with Crippen LogP contribution in [0.4, 0.5) is 0 Å². The van der Waals surface area contributed by atoms with Crippen LogP contribution < -0.4 is 0 Å². The summed E-state index contributed by atoms with van der Waals surface area (Å²) in [7, 11) is 0. The van der Waals surface area contributed by atoms with Gasteiger partial charge in [0.05, 0.1) is 16.4 Å². The Morgan fingerprint density at radius 3 is 2.86 bits per heavy atom. The highest BCUT2D eigenvalue weighted by molar-refractivity contribution is 14.1. The van der Waals surface area contributed by atoms with Crippen molar-refractivity contribution in [1.82, 2.24) is 14.5 Å². The number of halogens is 2. The Morgan fingerprint density at radius 2 is 2.24 bits per heavy atom. The maximum atomic E-state index is 6.34. The molecule has 0 saturated heterocycles. The van der Waals surface area contributed by atoms with Crippen LogP contribution in [0.2, 0.25) is 0 Å². The number of alkyl halides is 1. The van der Waals surface area contributed by atoms with Gasteiger partial charge in [0.1, 0.15) is 5.82 Å². The second-order valence-corrected chi connectivity index (χ2v) is 7.63. The van der Waals surface area contributed by atoms with E-state index in [1.165, 1.54) is 21.9 Å². The molecule has 0 aliphatic heterocycles. The first-order chi connectivity index (χ1) is 10.1. The van der Waals surface area contributed by atoms with Crippen molar-refractivity contribution in [2.45, 2.75) is 44.7 Å². The summed E-state index contributed by atoms with van der Waals surface area (Å²) in [5, 5.41) is -0.0638. The Morgan fingerprint density at radius 1 is 1.48 bits per heavy atom. The number of hydrogen-bond acceptors (Lipinski definition) is 2. The van der Waals surface area contributed by atoms with E-state index in [9.17, 15) is 0 Å². The lowest BCUT2D eigenvalue weighted by atomic mass is 10.3. The summed E-state index contributed by atoms with van der Waals surface area (Å²) >= 11 is 8.68. The smallest absolute Gasteiger partial charge is 0.127 e. The summed E-state index contributed by atoms with van der Waals surface area (Å²) < 4.78 is 3.51. The summed E-state index contributed by atoms with van der Waals surface area (Å²) in [4.78, 5) is 7.32. The number of likely N-dealkylation sites (N-methyl/N-ethyl adjacent to an activating group) is 1. The van der Waals surface area contributed by atoms with Gasteiger partial charge < -0.3 is 4.57 Å². The Labute approximate surface area is 144 Å². The van der Waals surface area contributed by atoms with E-state index in [-0.39, 0.29) is 5.38 Å². The molecule has 21 heavy (non-hydrogen) atoms. The van der Waals surface area contributed by atoms with Crippen LogP contribution in [0.1, 0.15) is 37.9 Å². The van der Waals surface area contributed by atoms with Gasteiger partial charge in [0, 0.05) is 22.7 Å². The minimum Gasteiger partial charge on any atom is -0.325 e. The fraction of sp³-hybridized carbons (Fsp3) is 0.562. The standard InChI is InChI=1S/C16H21ClIN3/c1-3-20(13-5-6-13)8-9-21-15-7-4-12(18)10-14(15)19-16(21)11(2)17/h4,7,10-11,13H,3,5-6,8-9H2,1-2H3. The first kappa shape index (κ1) is 15.6. The molecule has 5 heteroatoms. The van der Waals surface area contributed by atoms with Gasteiger partial charge in [0.25, 0.3) is 0 Å². The van der Waals surface area contributed by atoms with Crippen molar-refractivity contribution in [2.75, 3.05) is 13.1 Å². The zero-order valence-corrected chi connectivity index (χ0v) is 15.4. The molecule has 0 N–H and O–H groups in total. The zero-order valence-electron chi connectivity index (χ0n) is 12.5. The molecule has 0 amide bonds. The van der Waals surface area contributed by atoms with Crippen molar-refractivity contribution < 1.29 is 0 Å². The van der Waals surface area contributed by atoms with E-state index in [4.69, 9.17) is 16.6 Å². The Balaban J connectivity index is 1.89. The number of fused-ring (bicyclic) bond motifs is 1. The normalized spacial score (nSPS) is 16.8. The van der Waals surface area contributed by atoms with Crippen LogP contribution in [0, 0.1) is 3.57 Å².